The van der Waals surface area contributed by atoms with Gasteiger partial charge in [0.25, 0.3) is 5.22 Å². The molecule has 1 N–H and O–H groups in total. The van der Waals surface area contributed by atoms with Gasteiger partial charge in [0.1, 0.15) is 0 Å². The summed E-state index contributed by atoms with van der Waals surface area (Å²) in [6, 6.07) is 14.2. The Morgan fingerprint density at radius 1 is 1.04 bits per heavy atom. The van der Waals surface area contributed by atoms with Gasteiger partial charge >= 0.3 is 0 Å². The highest BCUT2D eigenvalue weighted by Crippen LogP contribution is 2.27. The monoisotopic (exact) mass is 381 g/mol. The number of thioether (sulfide) groups is 1. The number of amides is 1. The van der Waals surface area contributed by atoms with Crippen LogP contribution in [0, 0.1) is 20.8 Å². The first-order valence-electron chi connectivity index (χ1n) is 8.83. The first kappa shape index (κ1) is 19.2. The third kappa shape index (κ3) is 5.20. The van der Waals surface area contributed by atoms with Crippen LogP contribution in [0.1, 0.15) is 29.2 Å². The summed E-state index contributed by atoms with van der Waals surface area (Å²) in [5, 5.41) is 11.2. The third-order valence-electron chi connectivity index (χ3n) is 4.11. The van der Waals surface area contributed by atoms with Crippen LogP contribution in [0.3, 0.4) is 0 Å². The van der Waals surface area contributed by atoms with E-state index in [0.717, 1.165) is 22.3 Å². The predicted octanol–water partition coefficient (Wildman–Crippen LogP) is 4.46. The van der Waals surface area contributed by atoms with E-state index in [9.17, 15) is 4.79 Å². The Bertz CT molecular complexity index is 915. The average molecular weight is 382 g/mol. The van der Waals surface area contributed by atoms with E-state index in [1.807, 2.05) is 64.1 Å². The van der Waals surface area contributed by atoms with Gasteiger partial charge in [0.2, 0.25) is 11.8 Å². The summed E-state index contributed by atoms with van der Waals surface area (Å²) in [4.78, 5) is 12.3. The van der Waals surface area contributed by atoms with Crippen LogP contribution in [-0.4, -0.2) is 21.4 Å². The lowest BCUT2D eigenvalue weighted by atomic mass is 10.1. The minimum Gasteiger partial charge on any atom is -0.411 e. The fourth-order valence-electron chi connectivity index (χ4n) is 2.72. The van der Waals surface area contributed by atoms with Crippen molar-refractivity contribution in [2.45, 2.75) is 44.7 Å². The molecule has 0 saturated heterocycles. The largest absolute Gasteiger partial charge is 0.411 e. The molecule has 6 heteroatoms. The molecular weight excluding hydrogens is 358 g/mol. The van der Waals surface area contributed by atoms with Crippen molar-refractivity contribution in [2.75, 3.05) is 0 Å². The second-order valence-corrected chi connectivity index (χ2v) is 8.01. The fourth-order valence-corrected chi connectivity index (χ4v) is 3.42. The summed E-state index contributed by atoms with van der Waals surface area (Å²) in [6.45, 7) is 8.43. The van der Waals surface area contributed by atoms with Gasteiger partial charge in [-0.3, -0.25) is 4.79 Å². The molecule has 0 aliphatic carbocycles. The Morgan fingerprint density at radius 2 is 1.70 bits per heavy atom. The SMILES string of the molecule is Cc1ccc(CNC(=O)[C@H](C)Sc2nnc(-c3cc(C)cc(C)c3)o2)cc1. The zero-order chi connectivity index (χ0) is 19.4. The Labute approximate surface area is 163 Å². The van der Waals surface area contributed by atoms with Crippen LogP contribution in [0.5, 0.6) is 0 Å². The zero-order valence-electron chi connectivity index (χ0n) is 15.9. The van der Waals surface area contributed by atoms with E-state index in [1.54, 1.807) is 0 Å². The average Bonchev–Trinajstić information content (AvgIpc) is 3.08. The Morgan fingerprint density at radius 3 is 2.37 bits per heavy atom. The maximum Gasteiger partial charge on any atom is 0.277 e. The van der Waals surface area contributed by atoms with Gasteiger partial charge in [0.05, 0.1) is 5.25 Å². The van der Waals surface area contributed by atoms with Gasteiger partial charge in [-0.25, -0.2) is 0 Å². The molecule has 1 aromatic heterocycles. The molecule has 1 amide bonds. The second-order valence-electron chi connectivity index (χ2n) is 6.71. The maximum atomic E-state index is 12.3. The van der Waals surface area contributed by atoms with Gasteiger partial charge in [-0.05, 0) is 45.4 Å². The molecule has 1 heterocycles. The molecule has 0 bridgehead atoms. The molecule has 5 nitrogen and oxygen atoms in total. The lowest BCUT2D eigenvalue weighted by Crippen LogP contribution is -2.30. The molecule has 1 atom stereocenters. The highest BCUT2D eigenvalue weighted by Gasteiger charge is 2.18. The van der Waals surface area contributed by atoms with Crippen molar-refractivity contribution in [3.8, 4) is 11.5 Å². The smallest absolute Gasteiger partial charge is 0.277 e. The second kappa shape index (κ2) is 8.39. The van der Waals surface area contributed by atoms with Crippen LogP contribution < -0.4 is 5.32 Å². The van der Waals surface area contributed by atoms with Gasteiger partial charge < -0.3 is 9.73 Å². The molecule has 3 aromatic rings. The van der Waals surface area contributed by atoms with Crippen molar-refractivity contribution in [2.24, 2.45) is 0 Å². The molecular formula is C21H23N3O2S. The summed E-state index contributed by atoms with van der Waals surface area (Å²) in [5.74, 6) is 0.406. The topological polar surface area (TPSA) is 68.0 Å². The molecule has 0 aliphatic rings. The number of benzene rings is 2. The predicted molar refractivity (Wildman–Crippen MR) is 108 cm³/mol. The number of nitrogens with zero attached hydrogens (tertiary/aromatic N) is 2. The van der Waals surface area contributed by atoms with E-state index in [0.29, 0.717) is 17.7 Å². The lowest BCUT2D eigenvalue weighted by molar-refractivity contribution is -0.120. The highest BCUT2D eigenvalue weighted by atomic mass is 32.2. The maximum absolute atomic E-state index is 12.3. The summed E-state index contributed by atoms with van der Waals surface area (Å²) >= 11 is 1.26. The van der Waals surface area contributed by atoms with Crippen molar-refractivity contribution in [3.05, 3.63) is 64.7 Å². The molecule has 140 valence electrons. The van der Waals surface area contributed by atoms with Crippen LogP contribution in [0.15, 0.2) is 52.1 Å². The number of hydrogen-bond donors (Lipinski definition) is 1. The number of rotatable bonds is 6. The number of carbonyl (C=O) groups excluding carboxylic acids is 1. The minimum absolute atomic E-state index is 0.0632. The molecule has 0 fully saturated rings. The number of hydrogen-bond acceptors (Lipinski definition) is 5. The van der Waals surface area contributed by atoms with E-state index in [2.05, 4.69) is 21.6 Å². The van der Waals surface area contributed by atoms with Crippen molar-refractivity contribution in [1.29, 1.82) is 0 Å². The van der Waals surface area contributed by atoms with Gasteiger partial charge in [-0.15, -0.1) is 10.2 Å². The van der Waals surface area contributed by atoms with Crippen LogP contribution in [0.2, 0.25) is 0 Å². The van der Waals surface area contributed by atoms with Crippen molar-refractivity contribution in [3.63, 3.8) is 0 Å². The van der Waals surface area contributed by atoms with E-state index in [4.69, 9.17) is 4.42 Å². The highest BCUT2D eigenvalue weighted by molar-refractivity contribution is 8.00. The third-order valence-corrected chi connectivity index (χ3v) is 5.04. The Hall–Kier alpha value is -2.60. The zero-order valence-corrected chi connectivity index (χ0v) is 16.8. The van der Waals surface area contributed by atoms with Gasteiger partial charge in [0, 0.05) is 12.1 Å². The summed E-state index contributed by atoms with van der Waals surface area (Å²) in [5.41, 5.74) is 5.44. The molecule has 3 rings (SSSR count). The lowest BCUT2D eigenvalue weighted by Gasteiger charge is -2.10. The quantitative estimate of drug-likeness (QED) is 0.639. The van der Waals surface area contributed by atoms with Crippen molar-refractivity contribution < 1.29 is 9.21 Å². The number of aryl methyl sites for hydroxylation is 3. The van der Waals surface area contributed by atoms with Crippen LogP contribution >= 0.6 is 11.8 Å². The normalized spacial score (nSPS) is 12.0. The van der Waals surface area contributed by atoms with E-state index in [1.165, 1.54) is 17.3 Å². The molecule has 27 heavy (non-hydrogen) atoms. The van der Waals surface area contributed by atoms with Crippen LogP contribution in [0.25, 0.3) is 11.5 Å². The fraction of sp³-hybridized carbons (Fsp3) is 0.286. The van der Waals surface area contributed by atoms with Crippen molar-refractivity contribution in [1.82, 2.24) is 15.5 Å². The van der Waals surface area contributed by atoms with E-state index >= 15 is 0 Å². The van der Waals surface area contributed by atoms with Gasteiger partial charge in [0.15, 0.2) is 0 Å². The van der Waals surface area contributed by atoms with Gasteiger partial charge in [-0.1, -0.05) is 58.8 Å². The summed E-state index contributed by atoms with van der Waals surface area (Å²) in [7, 11) is 0. The first-order valence-corrected chi connectivity index (χ1v) is 9.71. The minimum atomic E-state index is -0.331. The molecule has 2 aromatic carbocycles. The molecule has 0 spiro atoms. The molecule has 0 aliphatic heterocycles. The summed E-state index contributed by atoms with van der Waals surface area (Å²) in [6.07, 6.45) is 0. The van der Waals surface area contributed by atoms with E-state index in [-0.39, 0.29) is 11.2 Å². The molecule has 0 radical (unpaired) electrons. The number of carbonyl (C=O) groups is 1. The Kier molecular flexibility index (Phi) is 5.96. The number of aromatic nitrogens is 2. The first-order chi connectivity index (χ1) is 12.9. The standard InChI is InChI=1S/C21H23N3O2S/c1-13-5-7-17(8-6-13)12-22-19(25)16(4)27-21-24-23-20(26-21)18-10-14(2)9-15(3)11-18/h5-11,16H,12H2,1-4H3,(H,22,25)/t16-/m0/s1. The molecule has 0 saturated carbocycles. The van der Waals surface area contributed by atoms with Crippen LogP contribution in [-0.2, 0) is 11.3 Å². The van der Waals surface area contributed by atoms with E-state index < -0.39 is 0 Å². The van der Waals surface area contributed by atoms with Gasteiger partial charge in [-0.2, -0.15) is 0 Å². The Balaban J connectivity index is 1.59. The van der Waals surface area contributed by atoms with Crippen LogP contribution in [0.4, 0.5) is 0 Å². The summed E-state index contributed by atoms with van der Waals surface area (Å²) < 4.78 is 5.74. The van der Waals surface area contributed by atoms with Crippen molar-refractivity contribution >= 4 is 17.7 Å². The number of nitrogens with one attached hydrogen (secondary N) is 1. The molecule has 0 unspecified atom stereocenters.